The molecule has 20 heavy (non-hydrogen) atoms. The van der Waals surface area contributed by atoms with Gasteiger partial charge in [-0.1, -0.05) is 25.3 Å². The molecule has 0 spiro atoms. The number of esters is 1. The van der Waals surface area contributed by atoms with Crippen molar-refractivity contribution in [2.24, 2.45) is 0 Å². The van der Waals surface area contributed by atoms with Crippen molar-refractivity contribution < 1.29 is 9.53 Å². The summed E-state index contributed by atoms with van der Waals surface area (Å²) in [5, 5.41) is 0. The predicted molar refractivity (Wildman–Crippen MR) is 77.1 cm³/mol. The van der Waals surface area contributed by atoms with E-state index in [0.717, 1.165) is 11.3 Å². The second kappa shape index (κ2) is 5.27. The summed E-state index contributed by atoms with van der Waals surface area (Å²) in [5.41, 5.74) is 3.43. The van der Waals surface area contributed by atoms with E-state index < -0.39 is 0 Å². The maximum absolute atomic E-state index is 11.7. The number of pyridine rings is 1. The van der Waals surface area contributed by atoms with Gasteiger partial charge in [0.05, 0.1) is 12.8 Å². The van der Waals surface area contributed by atoms with Gasteiger partial charge in [0.25, 0.3) is 0 Å². The van der Waals surface area contributed by atoms with Gasteiger partial charge >= 0.3 is 5.97 Å². The third-order valence-corrected chi connectivity index (χ3v) is 4.34. The number of rotatable bonds is 2. The smallest absolute Gasteiger partial charge is 0.358 e. The molecule has 0 amide bonds. The van der Waals surface area contributed by atoms with Crippen molar-refractivity contribution in [1.29, 1.82) is 0 Å². The van der Waals surface area contributed by atoms with Crippen LogP contribution in [-0.2, 0) is 4.74 Å². The molecule has 1 saturated carbocycles. The number of ether oxygens (including phenoxy) is 1. The topological polar surface area (TPSA) is 43.6 Å². The molecule has 0 atom stereocenters. The molecule has 3 rings (SSSR count). The highest BCUT2D eigenvalue weighted by Gasteiger charge is 2.19. The summed E-state index contributed by atoms with van der Waals surface area (Å²) in [6, 6.07) is 4.15. The van der Waals surface area contributed by atoms with Gasteiger partial charge in [-0.05, 0) is 37.3 Å². The van der Waals surface area contributed by atoms with Crippen molar-refractivity contribution in [2.75, 3.05) is 7.11 Å². The van der Waals surface area contributed by atoms with Crippen molar-refractivity contribution in [1.82, 2.24) is 9.38 Å². The number of carbonyl (C=O) groups is 1. The minimum Gasteiger partial charge on any atom is -0.464 e. The molecule has 1 fully saturated rings. The first-order valence-electron chi connectivity index (χ1n) is 7.27. The maximum Gasteiger partial charge on any atom is 0.358 e. The van der Waals surface area contributed by atoms with Crippen LogP contribution in [0.2, 0.25) is 0 Å². The normalized spacial score (nSPS) is 16.5. The van der Waals surface area contributed by atoms with E-state index in [2.05, 4.69) is 17.2 Å². The first-order chi connectivity index (χ1) is 9.70. The Kier molecular flexibility index (Phi) is 3.47. The van der Waals surface area contributed by atoms with Gasteiger partial charge in [0.15, 0.2) is 5.69 Å². The number of methoxy groups -OCH3 is 1. The van der Waals surface area contributed by atoms with Crippen LogP contribution in [0.1, 0.15) is 59.8 Å². The van der Waals surface area contributed by atoms with Gasteiger partial charge in [-0.2, -0.15) is 0 Å². The van der Waals surface area contributed by atoms with Crippen molar-refractivity contribution in [3.63, 3.8) is 0 Å². The van der Waals surface area contributed by atoms with Crippen LogP contribution in [0.25, 0.3) is 5.65 Å². The van der Waals surface area contributed by atoms with E-state index >= 15 is 0 Å². The van der Waals surface area contributed by atoms with Crippen LogP contribution in [0, 0.1) is 6.92 Å². The van der Waals surface area contributed by atoms with Crippen LogP contribution in [0.5, 0.6) is 0 Å². The Morgan fingerprint density at radius 2 is 2.05 bits per heavy atom. The lowest BCUT2D eigenvalue weighted by molar-refractivity contribution is 0.0594. The lowest BCUT2D eigenvalue weighted by Gasteiger charge is -2.22. The molecule has 2 heterocycles. The van der Waals surface area contributed by atoms with Crippen LogP contribution in [-0.4, -0.2) is 22.5 Å². The SMILES string of the molecule is COC(=O)c1nc2ccc(C3CCCCC3)cn2c1C. The zero-order chi connectivity index (χ0) is 14.1. The standard InChI is InChI=1S/C16H20N2O2/c1-11-15(16(19)20-2)17-14-9-8-13(10-18(11)14)12-6-4-3-5-7-12/h8-10,12H,3-7H2,1-2H3. The number of fused-ring (bicyclic) bond motifs is 1. The van der Waals surface area contributed by atoms with Crippen molar-refractivity contribution in [3.05, 3.63) is 35.3 Å². The van der Waals surface area contributed by atoms with E-state index in [-0.39, 0.29) is 5.97 Å². The maximum atomic E-state index is 11.7. The summed E-state index contributed by atoms with van der Waals surface area (Å²) >= 11 is 0. The average molecular weight is 272 g/mol. The fourth-order valence-corrected chi connectivity index (χ4v) is 3.15. The number of imidazole rings is 1. The van der Waals surface area contributed by atoms with Gasteiger partial charge in [0, 0.05) is 6.20 Å². The van der Waals surface area contributed by atoms with Crippen LogP contribution >= 0.6 is 0 Å². The van der Waals surface area contributed by atoms with Crippen LogP contribution in [0.15, 0.2) is 18.3 Å². The van der Waals surface area contributed by atoms with Crippen LogP contribution in [0.4, 0.5) is 0 Å². The van der Waals surface area contributed by atoms with Gasteiger partial charge in [-0.25, -0.2) is 9.78 Å². The minimum absolute atomic E-state index is 0.370. The summed E-state index contributed by atoms with van der Waals surface area (Å²) in [5.74, 6) is 0.280. The molecule has 0 aliphatic heterocycles. The Bertz CT molecular complexity index is 639. The van der Waals surface area contributed by atoms with Gasteiger partial charge in [-0.15, -0.1) is 0 Å². The molecule has 1 aliphatic carbocycles. The minimum atomic E-state index is -0.370. The highest BCUT2D eigenvalue weighted by molar-refractivity contribution is 5.89. The van der Waals surface area contributed by atoms with Gasteiger partial charge in [-0.3, -0.25) is 0 Å². The van der Waals surface area contributed by atoms with E-state index in [0.29, 0.717) is 11.6 Å². The molecule has 106 valence electrons. The van der Waals surface area contributed by atoms with E-state index in [1.807, 2.05) is 17.4 Å². The molecule has 0 bridgehead atoms. The lowest BCUT2D eigenvalue weighted by atomic mass is 9.85. The molecule has 1 aliphatic rings. The molecular weight excluding hydrogens is 252 g/mol. The van der Waals surface area contributed by atoms with E-state index in [9.17, 15) is 4.79 Å². The average Bonchev–Trinajstić information content (AvgIpc) is 2.84. The molecule has 0 unspecified atom stereocenters. The molecule has 2 aromatic heterocycles. The monoisotopic (exact) mass is 272 g/mol. The molecule has 0 radical (unpaired) electrons. The zero-order valence-electron chi connectivity index (χ0n) is 12.1. The first kappa shape index (κ1) is 13.2. The molecule has 2 aromatic rings. The Morgan fingerprint density at radius 1 is 1.30 bits per heavy atom. The summed E-state index contributed by atoms with van der Waals surface area (Å²) in [4.78, 5) is 16.1. The van der Waals surface area contributed by atoms with E-state index in [1.165, 1.54) is 44.8 Å². The Hall–Kier alpha value is -1.84. The largest absolute Gasteiger partial charge is 0.464 e. The number of aryl methyl sites for hydroxylation is 1. The molecular formula is C16H20N2O2. The van der Waals surface area contributed by atoms with Crippen molar-refractivity contribution >= 4 is 11.6 Å². The quantitative estimate of drug-likeness (QED) is 0.786. The van der Waals surface area contributed by atoms with Crippen molar-refractivity contribution in [2.45, 2.75) is 44.9 Å². The number of nitrogens with zero attached hydrogens (tertiary/aromatic N) is 2. The summed E-state index contributed by atoms with van der Waals surface area (Å²) in [6.07, 6.45) is 8.67. The van der Waals surface area contributed by atoms with Gasteiger partial charge < -0.3 is 9.14 Å². The second-order valence-electron chi connectivity index (χ2n) is 5.56. The fraction of sp³-hybridized carbons (Fsp3) is 0.500. The van der Waals surface area contributed by atoms with Gasteiger partial charge in [0.2, 0.25) is 0 Å². The zero-order valence-corrected chi connectivity index (χ0v) is 12.1. The predicted octanol–water partition coefficient (Wildman–Crippen LogP) is 3.48. The fourth-order valence-electron chi connectivity index (χ4n) is 3.15. The third kappa shape index (κ3) is 2.19. The van der Waals surface area contributed by atoms with Crippen LogP contribution in [0.3, 0.4) is 0 Å². The Labute approximate surface area is 118 Å². The number of hydrogen-bond acceptors (Lipinski definition) is 3. The number of carbonyl (C=O) groups excluding carboxylic acids is 1. The van der Waals surface area contributed by atoms with E-state index in [4.69, 9.17) is 4.74 Å². The second-order valence-corrected chi connectivity index (χ2v) is 5.56. The Balaban J connectivity index is 2.01. The van der Waals surface area contributed by atoms with Gasteiger partial charge in [0.1, 0.15) is 5.65 Å². The molecule has 0 aromatic carbocycles. The summed E-state index contributed by atoms with van der Waals surface area (Å²) in [6.45, 7) is 1.91. The van der Waals surface area contributed by atoms with E-state index in [1.54, 1.807) is 0 Å². The number of hydrogen-bond donors (Lipinski definition) is 0. The summed E-state index contributed by atoms with van der Waals surface area (Å²) < 4.78 is 6.79. The molecule has 0 saturated heterocycles. The van der Waals surface area contributed by atoms with Crippen molar-refractivity contribution in [3.8, 4) is 0 Å². The van der Waals surface area contributed by atoms with Crippen LogP contribution < -0.4 is 0 Å². The first-order valence-corrected chi connectivity index (χ1v) is 7.27. The molecule has 4 heteroatoms. The third-order valence-electron chi connectivity index (χ3n) is 4.34. The lowest BCUT2D eigenvalue weighted by Crippen LogP contribution is -2.06. The Morgan fingerprint density at radius 3 is 2.75 bits per heavy atom. The highest BCUT2D eigenvalue weighted by Crippen LogP contribution is 2.32. The number of aromatic nitrogens is 2. The highest BCUT2D eigenvalue weighted by atomic mass is 16.5. The summed E-state index contributed by atoms with van der Waals surface area (Å²) in [7, 11) is 1.39. The molecule has 4 nitrogen and oxygen atoms in total. The molecule has 0 N–H and O–H groups in total.